The fourth-order valence-corrected chi connectivity index (χ4v) is 6.41. The van der Waals surface area contributed by atoms with Crippen LogP contribution in [0.2, 0.25) is 0 Å². The van der Waals surface area contributed by atoms with Crippen LogP contribution in [0.15, 0.2) is 66.5 Å². The summed E-state index contributed by atoms with van der Waals surface area (Å²) in [6.07, 6.45) is 6.33. The molecule has 1 saturated heterocycles. The zero-order valence-electron chi connectivity index (χ0n) is 23.1. The van der Waals surface area contributed by atoms with Gasteiger partial charge in [-0.25, -0.2) is 22.5 Å². The standard InChI is InChI=1S/C30H29FN6O4S/c1-3-42(40,41)35-28(38)23-18-33-37-26(23)32-17-24(27(37)34-22-10-8-21(31)9-11-22)29(39)36-14-12-30(13-15-36)19(2)16-20-6-4-5-7-25(20)30/h4-11,16-18,34H,3,12-15H2,1-2H3,(H,35,38). The lowest BCUT2D eigenvalue weighted by molar-refractivity contribution is 0.0685. The van der Waals surface area contributed by atoms with Gasteiger partial charge in [0.25, 0.3) is 11.8 Å². The molecule has 2 amide bonds. The first kappa shape index (κ1) is 27.6. The summed E-state index contributed by atoms with van der Waals surface area (Å²) in [6, 6.07) is 13.9. The summed E-state index contributed by atoms with van der Waals surface area (Å²) >= 11 is 0. The molecule has 3 heterocycles. The molecular weight excluding hydrogens is 559 g/mol. The van der Waals surface area contributed by atoms with Crippen molar-refractivity contribution >= 4 is 45.1 Å². The molecule has 12 heteroatoms. The SMILES string of the molecule is CCS(=O)(=O)NC(=O)c1cnn2c(Nc3ccc(F)cc3)c(C(=O)N3CCC4(CC3)C(C)=Cc3ccccc34)cnc12. The second kappa shape index (κ2) is 10.4. The number of piperidine rings is 1. The summed E-state index contributed by atoms with van der Waals surface area (Å²) in [4.78, 5) is 32.9. The number of carbonyl (C=O) groups is 2. The Kier molecular flexibility index (Phi) is 6.80. The van der Waals surface area contributed by atoms with Gasteiger partial charge < -0.3 is 10.2 Å². The molecule has 6 rings (SSSR count). The number of fused-ring (bicyclic) bond motifs is 3. The number of sulfonamides is 1. The number of carbonyl (C=O) groups excluding carboxylic acids is 2. The van der Waals surface area contributed by atoms with Crippen molar-refractivity contribution in [1.29, 1.82) is 0 Å². The molecule has 0 saturated carbocycles. The number of halogens is 1. The van der Waals surface area contributed by atoms with Gasteiger partial charge >= 0.3 is 0 Å². The largest absolute Gasteiger partial charge is 0.339 e. The molecule has 2 N–H and O–H groups in total. The quantitative estimate of drug-likeness (QED) is 0.344. The lowest BCUT2D eigenvalue weighted by Gasteiger charge is -2.41. The van der Waals surface area contributed by atoms with Crippen molar-refractivity contribution in [3.05, 3.63) is 94.6 Å². The minimum Gasteiger partial charge on any atom is -0.339 e. The van der Waals surface area contributed by atoms with Crippen molar-refractivity contribution in [2.24, 2.45) is 0 Å². The van der Waals surface area contributed by atoms with Crippen LogP contribution in [-0.2, 0) is 15.4 Å². The van der Waals surface area contributed by atoms with Gasteiger partial charge in [-0.3, -0.25) is 9.59 Å². The van der Waals surface area contributed by atoms with E-state index in [-0.39, 0.29) is 39.7 Å². The average molecular weight is 589 g/mol. The zero-order chi connectivity index (χ0) is 29.6. The van der Waals surface area contributed by atoms with Gasteiger partial charge in [0, 0.05) is 30.4 Å². The molecule has 10 nitrogen and oxygen atoms in total. The van der Waals surface area contributed by atoms with Crippen molar-refractivity contribution in [2.45, 2.75) is 32.1 Å². The van der Waals surface area contributed by atoms with Gasteiger partial charge in [-0.1, -0.05) is 35.9 Å². The van der Waals surface area contributed by atoms with E-state index < -0.39 is 21.7 Å². The molecule has 42 heavy (non-hydrogen) atoms. The highest BCUT2D eigenvalue weighted by molar-refractivity contribution is 7.90. The third-order valence-corrected chi connectivity index (χ3v) is 9.50. The lowest BCUT2D eigenvalue weighted by atomic mass is 9.70. The smallest absolute Gasteiger partial charge is 0.270 e. The minimum atomic E-state index is -3.82. The molecular formula is C30H29FN6O4S. The zero-order valence-corrected chi connectivity index (χ0v) is 23.9. The van der Waals surface area contributed by atoms with E-state index in [1.54, 1.807) is 4.90 Å². The number of allylic oxidation sites excluding steroid dienone is 1. The summed E-state index contributed by atoms with van der Waals surface area (Å²) in [6.45, 7) is 4.61. The van der Waals surface area contributed by atoms with E-state index in [0.717, 1.165) is 12.8 Å². The van der Waals surface area contributed by atoms with E-state index in [1.165, 1.54) is 64.8 Å². The minimum absolute atomic E-state index is 0.0564. The van der Waals surface area contributed by atoms with Gasteiger partial charge in [0.2, 0.25) is 10.0 Å². The van der Waals surface area contributed by atoms with Crippen molar-refractivity contribution in [2.75, 3.05) is 24.2 Å². The van der Waals surface area contributed by atoms with E-state index in [2.05, 4.69) is 46.6 Å². The van der Waals surface area contributed by atoms with Gasteiger partial charge in [-0.15, -0.1) is 0 Å². The lowest BCUT2D eigenvalue weighted by Crippen LogP contribution is -2.45. The average Bonchev–Trinajstić information content (AvgIpc) is 3.54. The third kappa shape index (κ3) is 4.71. The number of anilines is 2. The Bertz CT molecular complexity index is 1860. The van der Waals surface area contributed by atoms with E-state index in [0.29, 0.717) is 18.8 Å². The van der Waals surface area contributed by atoms with Gasteiger partial charge in [-0.05, 0) is 62.1 Å². The molecule has 2 aromatic heterocycles. The summed E-state index contributed by atoms with van der Waals surface area (Å²) in [5, 5.41) is 7.40. The number of hydrogen-bond donors (Lipinski definition) is 2. The van der Waals surface area contributed by atoms with Crippen LogP contribution >= 0.6 is 0 Å². The first-order valence-corrected chi connectivity index (χ1v) is 15.3. The number of hydrogen-bond acceptors (Lipinski definition) is 7. The number of rotatable bonds is 6. The Hall–Kier alpha value is -4.58. The molecule has 1 aliphatic carbocycles. The van der Waals surface area contributed by atoms with E-state index in [4.69, 9.17) is 0 Å². The van der Waals surface area contributed by atoms with Gasteiger partial charge in [0.05, 0.1) is 11.9 Å². The van der Waals surface area contributed by atoms with E-state index in [9.17, 15) is 22.4 Å². The van der Waals surface area contributed by atoms with Crippen LogP contribution in [0.5, 0.6) is 0 Å². The highest BCUT2D eigenvalue weighted by Gasteiger charge is 2.43. The van der Waals surface area contributed by atoms with Gasteiger partial charge in [-0.2, -0.15) is 9.61 Å². The molecule has 2 aromatic carbocycles. The Morgan fingerprint density at radius 1 is 1.02 bits per heavy atom. The van der Waals surface area contributed by atoms with Crippen LogP contribution in [0.25, 0.3) is 11.7 Å². The molecule has 1 fully saturated rings. The highest BCUT2D eigenvalue weighted by Crippen LogP contribution is 2.48. The molecule has 0 bridgehead atoms. The monoisotopic (exact) mass is 588 g/mol. The Morgan fingerprint density at radius 2 is 1.74 bits per heavy atom. The number of nitrogens with zero attached hydrogens (tertiary/aromatic N) is 4. The summed E-state index contributed by atoms with van der Waals surface area (Å²) in [5.74, 6) is -1.64. The fourth-order valence-electron chi connectivity index (χ4n) is 5.87. The van der Waals surface area contributed by atoms with Crippen LogP contribution in [0.1, 0.15) is 58.5 Å². The summed E-state index contributed by atoms with van der Waals surface area (Å²) in [7, 11) is -3.82. The van der Waals surface area contributed by atoms with Crippen LogP contribution in [0.4, 0.5) is 15.9 Å². The van der Waals surface area contributed by atoms with Crippen molar-refractivity contribution in [3.8, 4) is 0 Å². The fraction of sp³-hybridized carbons (Fsp3) is 0.267. The topological polar surface area (TPSA) is 126 Å². The summed E-state index contributed by atoms with van der Waals surface area (Å²) in [5.41, 5.74) is 4.38. The van der Waals surface area contributed by atoms with Crippen molar-refractivity contribution in [1.82, 2.24) is 24.2 Å². The molecule has 1 spiro atoms. The maximum atomic E-state index is 14.0. The van der Waals surface area contributed by atoms with Crippen LogP contribution < -0.4 is 10.0 Å². The number of aromatic nitrogens is 3. The van der Waals surface area contributed by atoms with Crippen LogP contribution in [0, 0.1) is 5.82 Å². The molecule has 0 atom stereocenters. The van der Waals surface area contributed by atoms with Crippen molar-refractivity contribution in [3.63, 3.8) is 0 Å². The molecule has 0 unspecified atom stereocenters. The summed E-state index contributed by atoms with van der Waals surface area (Å²) < 4.78 is 40.9. The molecule has 1 aliphatic heterocycles. The van der Waals surface area contributed by atoms with Gasteiger partial charge in [0.15, 0.2) is 5.65 Å². The molecule has 4 aromatic rings. The van der Waals surface area contributed by atoms with Crippen molar-refractivity contribution < 1.29 is 22.4 Å². The Balaban J connectivity index is 1.34. The first-order valence-electron chi connectivity index (χ1n) is 13.6. The predicted octanol–water partition coefficient (Wildman–Crippen LogP) is 4.28. The maximum absolute atomic E-state index is 14.0. The molecule has 2 aliphatic rings. The molecule has 216 valence electrons. The van der Waals surface area contributed by atoms with E-state index in [1.807, 2.05) is 10.8 Å². The second-order valence-corrected chi connectivity index (χ2v) is 12.6. The third-order valence-electron chi connectivity index (χ3n) is 8.24. The predicted molar refractivity (Wildman–Crippen MR) is 157 cm³/mol. The van der Waals surface area contributed by atoms with Crippen LogP contribution in [0.3, 0.4) is 0 Å². The normalized spacial score (nSPS) is 15.9. The number of nitrogens with one attached hydrogen (secondary N) is 2. The number of amides is 2. The molecule has 0 radical (unpaired) electrons. The second-order valence-electron chi connectivity index (χ2n) is 10.6. The van der Waals surface area contributed by atoms with Crippen LogP contribution in [-0.4, -0.2) is 58.6 Å². The highest BCUT2D eigenvalue weighted by atomic mass is 32.2. The number of likely N-dealkylation sites (tertiary alicyclic amines) is 1. The Morgan fingerprint density at radius 3 is 2.45 bits per heavy atom. The maximum Gasteiger partial charge on any atom is 0.270 e. The number of benzene rings is 2. The van der Waals surface area contributed by atoms with Gasteiger partial charge in [0.1, 0.15) is 22.8 Å². The Labute approximate surface area is 242 Å². The first-order chi connectivity index (χ1) is 20.1. The van der Waals surface area contributed by atoms with E-state index >= 15 is 0 Å².